The maximum absolute atomic E-state index is 12.4. The van der Waals surface area contributed by atoms with Crippen molar-refractivity contribution >= 4 is 33.7 Å². The standard InChI is InChI=1S/C28H32N4O4/c1-19-5-7-23-21(15-19)11-13-31(23)17-27(3,29)35-25(33)9-10-26(34)36-28(4,30)18-32-14-12-22-16-20(2)6-8-24(22)32/h5-16H,17-18,29-30H2,1-4H3/b10-9+. The molecule has 2 aromatic heterocycles. The number of hydrogen-bond donors (Lipinski definition) is 2. The summed E-state index contributed by atoms with van der Waals surface area (Å²) in [5.41, 5.74) is 14.2. The second kappa shape index (κ2) is 9.64. The van der Waals surface area contributed by atoms with Gasteiger partial charge in [-0.2, -0.15) is 0 Å². The molecule has 0 aliphatic rings. The molecule has 0 aliphatic heterocycles. The number of carbonyl (C=O) groups excluding carboxylic acids is 2. The number of fused-ring (bicyclic) bond motifs is 2. The summed E-state index contributed by atoms with van der Waals surface area (Å²) in [6.45, 7) is 7.76. The lowest BCUT2D eigenvalue weighted by Crippen LogP contribution is -2.45. The van der Waals surface area contributed by atoms with Gasteiger partial charge in [-0.05, 0) is 74.9 Å². The highest BCUT2D eigenvalue weighted by Crippen LogP contribution is 2.21. The van der Waals surface area contributed by atoms with E-state index in [0.29, 0.717) is 0 Å². The average molecular weight is 489 g/mol. The van der Waals surface area contributed by atoms with Crippen LogP contribution in [0.1, 0.15) is 25.0 Å². The number of aryl methyl sites for hydroxylation is 2. The van der Waals surface area contributed by atoms with Crippen LogP contribution in [0.2, 0.25) is 0 Å². The highest BCUT2D eigenvalue weighted by Gasteiger charge is 2.26. The molecule has 0 radical (unpaired) electrons. The number of esters is 2. The van der Waals surface area contributed by atoms with Crippen LogP contribution in [-0.2, 0) is 32.2 Å². The first-order valence-electron chi connectivity index (χ1n) is 11.7. The van der Waals surface area contributed by atoms with E-state index in [0.717, 1.165) is 45.1 Å². The minimum atomic E-state index is -1.29. The second-order valence-corrected chi connectivity index (χ2v) is 9.81. The van der Waals surface area contributed by atoms with E-state index in [2.05, 4.69) is 12.1 Å². The van der Waals surface area contributed by atoms with E-state index in [1.165, 1.54) is 0 Å². The van der Waals surface area contributed by atoms with Gasteiger partial charge in [0.25, 0.3) is 0 Å². The summed E-state index contributed by atoms with van der Waals surface area (Å²) < 4.78 is 14.6. The highest BCUT2D eigenvalue weighted by molar-refractivity contribution is 5.92. The number of rotatable bonds is 8. The Morgan fingerprint density at radius 2 is 1.14 bits per heavy atom. The minimum absolute atomic E-state index is 0.245. The maximum Gasteiger partial charge on any atom is 0.332 e. The van der Waals surface area contributed by atoms with Crippen LogP contribution in [0.3, 0.4) is 0 Å². The summed E-state index contributed by atoms with van der Waals surface area (Å²) >= 11 is 0. The quantitative estimate of drug-likeness (QED) is 0.221. The summed E-state index contributed by atoms with van der Waals surface area (Å²) in [6, 6.07) is 16.1. The van der Waals surface area contributed by atoms with Crippen molar-refractivity contribution in [3.05, 3.63) is 84.2 Å². The molecule has 0 bridgehead atoms. The molecular formula is C28H32N4O4. The fourth-order valence-corrected chi connectivity index (χ4v) is 4.32. The third kappa shape index (κ3) is 6.02. The molecule has 2 atom stereocenters. The van der Waals surface area contributed by atoms with Crippen LogP contribution < -0.4 is 11.5 Å². The lowest BCUT2D eigenvalue weighted by atomic mass is 10.2. The van der Waals surface area contributed by atoms with Crippen molar-refractivity contribution in [3.63, 3.8) is 0 Å². The van der Waals surface area contributed by atoms with Crippen LogP contribution in [0, 0.1) is 13.8 Å². The van der Waals surface area contributed by atoms with Gasteiger partial charge in [0, 0.05) is 35.6 Å². The fourth-order valence-electron chi connectivity index (χ4n) is 4.32. The molecular weight excluding hydrogens is 456 g/mol. The van der Waals surface area contributed by atoms with E-state index in [4.69, 9.17) is 20.9 Å². The first-order valence-corrected chi connectivity index (χ1v) is 11.7. The Balaban J connectivity index is 1.33. The van der Waals surface area contributed by atoms with E-state index in [1.54, 1.807) is 13.8 Å². The topological polar surface area (TPSA) is 114 Å². The first kappa shape index (κ1) is 25.2. The van der Waals surface area contributed by atoms with Crippen LogP contribution in [0.4, 0.5) is 0 Å². The van der Waals surface area contributed by atoms with Crippen LogP contribution in [0.15, 0.2) is 73.1 Å². The van der Waals surface area contributed by atoms with Gasteiger partial charge in [0.1, 0.15) is 0 Å². The second-order valence-electron chi connectivity index (χ2n) is 9.81. The number of aromatic nitrogens is 2. The molecule has 0 aliphatic carbocycles. The van der Waals surface area contributed by atoms with Crippen molar-refractivity contribution < 1.29 is 19.1 Å². The van der Waals surface area contributed by atoms with Crippen molar-refractivity contribution in [1.82, 2.24) is 9.13 Å². The minimum Gasteiger partial charge on any atom is -0.439 e. The van der Waals surface area contributed by atoms with Crippen molar-refractivity contribution in [3.8, 4) is 0 Å². The molecule has 2 heterocycles. The molecule has 4 N–H and O–H groups in total. The number of carbonyl (C=O) groups is 2. The fraction of sp³-hybridized carbons (Fsp3) is 0.286. The summed E-state index contributed by atoms with van der Waals surface area (Å²) in [5, 5.41) is 2.15. The monoisotopic (exact) mass is 488 g/mol. The van der Waals surface area contributed by atoms with Gasteiger partial charge in [0.2, 0.25) is 0 Å². The Labute approximate surface area is 210 Å². The zero-order valence-electron chi connectivity index (χ0n) is 21.0. The number of benzene rings is 2. The van der Waals surface area contributed by atoms with Gasteiger partial charge >= 0.3 is 11.9 Å². The van der Waals surface area contributed by atoms with E-state index in [9.17, 15) is 9.59 Å². The highest BCUT2D eigenvalue weighted by atomic mass is 16.6. The third-order valence-electron chi connectivity index (χ3n) is 5.84. The van der Waals surface area contributed by atoms with Crippen molar-refractivity contribution in [1.29, 1.82) is 0 Å². The van der Waals surface area contributed by atoms with Crippen LogP contribution in [-0.4, -0.2) is 32.5 Å². The predicted octanol–water partition coefficient (Wildman–Crippen LogP) is 3.91. The van der Waals surface area contributed by atoms with E-state index in [-0.39, 0.29) is 13.1 Å². The Kier molecular flexibility index (Phi) is 6.75. The molecule has 0 spiro atoms. The van der Waals surface area contributed by atoms with Gasteiger partial charge in [-0.1, -0.05) is 23.3 Å². The van der Waals surface area contributed by atoms with E-state index < -0.39 is 23.4 Å². The first-order chi connectivity index (χ1) is 16.9. The molecule has 0 amide bonds. The molecule has 0 saturated carbocycles. The molecule has 2 aromatic carbocycles. The Bertz CT molecular complexity index is 1350. The number of nitrogens with two attached hydrogens (primary N) is 2. The van der Waals surface area contributed by atoms with Crippen molar-refractivity contribution in [2.24, 2.45) is 11.5 Å². The molecule has 8 nitrogen and oxygen atoms in total. The predicted molar refractivity (Wildman–Crippen MR) is 140 cm³/mol. The Morgan fingerprint density at radius 1 is 0.750 bits per heavy atom. The lowest BCUT2D eigenvalue weighted by Gasteiger charge is -2.26. The Hall–Kier alpha value is -3.88. The summed E-state index contributed by atoms with van der Waals surface area (Å²) in [7, 11) is 0. The SMILES string of the molecule is Cc1ccc2c(ccn2CC(C)(N)OC(=O)/C=C/C(=O)OC(C)(N)Cn2ccc3cc(C)ccc32)c1. The van der Waals surface area contributed by atoms with Gasteiger partial charge in [-0.3, -0.25) is 11.5 Å². The smallest absolute Gasteiger partial charge is 0.332 e. The molecule has 8 heteroatoms. The molecule has 188 valence electrons. The Morgan fingerprint density at radius 3 is 1.53 bits per heavy atom. The molecule has 4 rings (SSSR count). The lowest BCUT2D eigenvalue weighted by molar-refractivity contribution is -0.155. The number of hydrogen-bond acceptors (Lipinski definition) is 6. The van der Waals surface area contributed by atoms with E-state index in [1.807, 2.05) is 71.8 Å². The van der Waals surface area contributed by atoms with Crippen LogP contribution in [0.5, 0.6) is 0 Å². The normalized spacial score (nSPS) is 15.2. The van der Waals surface area contributed by atoms with Gasteiger partial charge in [0.15, 0.2) is 11.4 Å². The largest absolute Gasteiger partial charge is 0.439 e. The molecule has 0 fully saturated rings. The summed E-state index contributed by atoms with van der Waals surface area (Å²) in [4.78, 5) is 24.7. The number of ether oxygens (including phenoxy) is 2. The van der Waals surface area contributed by atoms with Gasteiger partial charge in [-0.15, -0.1) is 0 Å². The van der Waals surface area contributed by atoms with Crippen molar-refractivity contribution in [2.45, 2.75) is 52.2 Å². The van der Waals surface area contributed by atoms with Crippen LogP contribution >= 0.6 is 0 Å². The van der Waals surface area contributed by atoms with Crippen molar-refractivity contribution in [2.75, 3.05) is 0 Å². The summed E-state index contributed by atoms with van der Waals surface area (Å²) in [6.07, 6.45) is 5.78. The molecule has 2 unspecified atom stereocenters. The number of nitrogens with zero attached hydrogens (tertiary/aromatic N) is 2. The third-order valence-corrected chi connectivity index (χ3v) is 5.84. The molecule has 0 saturated heterocycles. The van der Waals surface area contributed by atoms with Crippen LogP contribution in [0.25, 0.3) is 21.8 Å². The molecule has 4 aromatic rings. The van der Waals surface area contributed by atoms with Gasteiger partial charge in [0.05, 0.1) is 13.1 Å². The zero-order valence-corrected chi connectivity index (χ0v) is 21.0. The van der Waals surface area contributed by atoms with Gasteiger partial charge in [-0.25, -0.2) is 9.59 Å². The zero-order chi connectivity index (χ0) is 26.1. The molecule has 36 heavy (non-hydrogen) atoms. The average Bonchev–Trinajstić information content (AvgIpc) is 3.34. The summed E-state index contributed by atoms with van der Waals surface area (Å²) in [5.74, 6) is -1.51. The maximum atomic E-state index is 12.4. The van der Waals surface area contributed by atoms with E-state index >= 15 is 0 Å². The van der Waals surface area contributed by atoms with Gasteiger partial charge < -0.3 is 18.6 Å².